The highest BCUT2D eigenvalue weighted by Gasteiger charge is 2.07. The summed E-state index contributed by atoms with van der Waals surface area (Å²) in [5.74, 6) is 0.105. The van der Waals surface area contributed by atoms with Crippen molar-refractivity contribution in [2.24, 2.45) is 0 Å². The fourth-order valence-corrected chi connectivity index (χ4v) is 1.70. The molecule has 1 aromatic heterocycles. The molecule has 0 saturated heterocycles. The van der Waals surface area contributed by atoms with Crippen molar-refractivity contribution in [3.63, 3.8) is 0 Å². The van der Waals surface area contributed by atoms with Crippen LogP contribution in [0.25, 0.3) is 0 Å². The molecule has 1 heterocycles. The third-order valence-electron chi connectivity index (χ3n) is 1.74. The van der Waals surface area contributed by atoms with Crippen LogP contribution in [0.2, 0.25) is 0 Å². The van der Waals surface area contributed by atoms with Gasteiger partial charge in [0.25, 0.3) is 0 Å². The lowest BCUT2D eigenvalue weighted by Gasteiger charge is -2.10. The van der Waals surface area contributed by atoms with Gasteiger partial charge in [0, 0.05) is 6.42 Å². The number of nitrogens with one attached hydrogen (secondary N) is 1. The van der Waals surface area contributed by atoms with Gasteiger partial charge in [0.2, 0.25) is 5.91 Å². The molecule has 1 unspecified atom stereocenters. The highest BCUT2D eigenvalue weighted by Crippen LogP contribution is 2.15. The molecule has 0 aliphatic rings. The molecule has 1 N–H and O–H groups in total. The predicted molar refractivity (Wildman–Crippen MR) is 51.2 cm³/mol. The van der Waals surface area contributed by atoms with Gasteiger partial charge in [-0.2, -0.15) is 11.3 Å². The van der Waals surface area contributed by atoms with E-state index in [1.54, 1.807) is 11.3 Å². The van der Waals surface area contributed by atoms with Gasteiger partial charge in [-0.15, -0.1) is 0 Å². The van der Waals surface area contributed by atoms with E-state index in [0.717, 1.165) is 0 Å². The first-order valence-electron chi connectivity index (χ1n) is 4.05. The molecule has 1 aromatic rings. The van der Waals surface area contributed by atoms with Gasteiger partial charge in [-0.1, -0.05) is 6.92 Å². The number of carbonyl (C=O) groups is 1. The fraction of sp³-hybridized carbons (Fsp3) is 0.444. The lowest BCUT2D eigenvalue weighted by Crippen LogP contribution is -2.25. The summed E-state index contributed by atoms with van der Waals surface area (Å²) in [5.41, 5.74) is 1.18. The number of thiophene rings is 1. The van der Waals surface area contributed by atoms with Gasteiger partial charge in [-0.25, -0.2) is 0 Å². The standard InChI is InChI=1S/C9H13NOS/c1-3-9(11)10-7(2)8-4-5-12-6-8/h4-7H,3H2,1-2H3,(H,10,11). The minimum Gasteiger partial charge on any atom is -0.350 e. The van der Waals surface area contributed by atoms with E-state index in [1.165, 1.54) is 5.56 Å². The van der Waals surface area contributed by atoms with Gasteiger partial charge < -0.3 is 5.32 Å². The van der Waals surface area contributed by atoms with Gasteiger partial charge in [-0.3, -0.25) is 4.79 Å². The molecule has 3 heteroatoms. The van der Waals surface area contributed by atoms with E-state index >= 15 is 0 Å². The number of rotatable bonds is 3. The van der Waals surface area contributed by atoms with Crippen LogP contribution in [0.5, 0.6) is 0 Å². The number of hydrogen-bond acceptors (Lipinski definition) is 2. The molecule has 1 atom stereocenters. The molecule has 66 valence electrons. The maximum atomic E-state index is 11.0. The van der Waals surface area contributed by atoms with E-state index in [9.17, 15) is 4.79 Å². The number of carbonyl (C=O) groups excluding carboxylic acids is 1. The van der Waals surface area contributed by atoms with E-state index in [1.807, 2.05) is 25.3 Å². The smallest absolute Gasteiger partial charge is 0.220 e. The zero-order valence-corrected chi connectivity index (χ0v) is 8.15. The second-order valence-corrected chi connectivity index (χ2v) is 3.48. The molecule has 0 aromatic carbocycles. The molecule has 0 fully saturated rings. The molecular weight excluding hydrogens is 170 g/mol. The van der Waals surface area contributed by atoms with Crippen molar-refractivity contribution in [1.82, 2.24) is 5.32 Å². The highest BCUT2D eigenvalue weighted by molar-refractivity contribution is 7.07. The van der Waals surface area contributed by atoms with Crippen LogP contribution in [-0.4, -0.2) is 5.91 Å². The first-order valence-corrected chi connectivity index (χ1v) is 4.99. The van der Waals surface area contributed by atoms with Crippen LogP contribution in [0, 0.1) is 0 Å². The average molecular weight is 183 g/mol. The monoisotopic (exact) mass is 183 g/mol. The Kier molecular flexibility index (Phi) is 3.29. The number of hydrogen-bond donors (Lipinski definition) is 1. The van der Waals surface area contributed by atoms with Crippen molar-refractivity contribution in [2.75, 3.05) is 0 Å². The Morgan fingerprint density at radius 3 is 3.00 bits per heavy atom. The summed E-state index contributed by atoms with van der Waals surface area (Å²) in [6.45, 7) is 3.85. The summed E-state index contributed by atoms with van der Waals surface area (Å²) >= 11 is 1.65. The zero-order valence-electron chi connectivity index (χ0n) is 7.33. The van der Waals surface area contributed by atoms with Gasteiger partial charge in [0.1, 0.15) is 0 Å². The summed E-state index contributed by atoms with van der Waals surface area (Å²) in [6, 6.07) is 2.18. The van der Waals surface area contributed by atoms with Crippen LogP contribution < -0.4 is 5.32 Å². The van der Waals surface area contributed by atoms with E-state index in [2.05, 4.69) is 10.7 Å². The lowest BCUT2D eigenvalue weighted by atomic mass is 10.2. The van der Waals surface area contributed by atoms with Crippen molar-refractivity contribution in [2.45, 2.75) is 26.3 Å². The van der Waals surface area contributed by atoms with Crippen molar-refractivity contribution >= 4 is 17.2 Å². The minimum absolute atomic E-state index is 0.105. The Morgan fingerprint density at radius 1 is 1.75 bits per heavy atom. The second kappa shape index (κ2) is 4.26. The lowest BCUT2D eigenvalue weighted by molar-refractivity contribution is -0.121. The first-order chi connectivity index (χ1) is 5.74. The quantitative estimate of drug-likeness (QED) is 0.765. The summed E-state index contributed by atoms with van der Waals surface area (Å²) in [4.78, 5) is 11.0. The summed E-state index contributed by atoms with van der Waals surface area (Å²) in [7, 11) is 0. The van der Waals surface area contributed by atoms with Crippen molar-refractivity contribution in [1.29, 1.82) is 0 Å². The Bertz CT molecular complexity index is 243. The maximum Gasteiger partial charge on any atom is 0.220 e. The zero-order chi connectivity index (χ0) is 8.97. The van der Waals surface area contributed by atoms with E-state index in [4.69, 9.17) is 0 Å². The molecule has 0 radical (unpaired) electrons. The molecule has 0 bridgehead atoms. The highest BCUT2D eigenvalue weighted by atomic mass is 32.1. The van der Waals surface area contributed by atoms with Crippen LogP contribution in [0.3, 0.4) is 0 Å². The van der Waals surface area contributed by atoms with Crippen LogP contribution >= 0.6 is 11.3 Å². The van der Waals surface area contributed by atoms with Gasteiger partial charge in [-0.05, 0) is 29.3 Å². The molecule has 1 amide bonds. The largest absolute Gasteiger partial charge is 0.350 e. The van der Waals surface area contributed by atoms with Gasteiger partial charge in [0.15, 0.2) is 0 Å². The average Bonchev–Trinajstić information content (AvgIpc) is 2.56. The first kappa shape index (κ1) is 9.26. The molecule has 0 spiro atoms. The molecule has 1 rings (SSSR count). The van der Waals surface area contributed by atoms with E-state index < -0.39 is 0 Å². The summed E-state index contributed by atoms with van der Waals surface area (Å²) < 4.78 is 0. The Labute approximate surface area is 76.6 Å². The third-order valence-corrected chi connectivity index (χ3v) is 2.44. The van der Waals surface area contributed by atoms with Crippen molar-refractivity contribution in [3.05, 3.63) is 22.4 Å². The minimum atomic E-state index is 0.105. The molecular formula is C9H13NOS. The normalized spacial score (nSPS) is 12.5. The summed E-state index contributed by atoms with van der Waals surface area (Å²) in [5, 5.41) is 6.97. The topological polar surface area (TPSA) is 29.1 Å². The number of amides is 1. The van der Waals surface area contributed by atoms with Crippen molar-refractivity contribution < 1.29 is 4.79 Å². The van der Waals surface area contributed by atoms with Gasteiger partial charge in [0.05, 0.1) is 6.04 Å². The third kappa shape index (κ3) is 2.34. The molecule has 0 aliphatic heterocycles. The summed E-state index contributed by atoms with van der Waals surface area (Å²) in [6.07, 6.45) is 0.550. The molecule has 0 saturated carbocycles. The second-order valence-electron chi connectivity index (χ2n) is 2.70. The van der Waals surface area contributed by atoms with Crippen LogP contribution in [0.15, 0.2) is 16.8 Å². The van der Waals surface area contributed by atoms with E-state index in [0.29, 0.717) is 6.42 Å². The fourth-order valence-electron chi connectivity index (χ4n) is 0.948. The Hall–Kier alpha value is -0.830. The van der Waals surface area contributed by atoms with Crippen molar-refractivity contribution in [3.8, 4) is 0 Å². The van der Waals surface area contributed by atoms with Crippen LogP contribution in [0.1, 0.15) is 31.9 Å². The van der Waals surface area contributed by atoms with Crippen LogP contribution in [0.4, 0.5) is 0 Å². The van der Waals surface area contributed by atoms with Crippen LogP contribution in [-0.2, 0) is 4.79 Å². The van der Waals surface area contributed by atoms with Gasteiger partial charge >= 0.3 is 0 Å². The van der Waals surface area contributed by atoms with E-state index in [-0.39, 0.29) is 11.9 Å². The Morgan fingerprint density at radius 2 is 2.50 bits per heavy atom. The molecule has 12 heavy (non-hydrogen) atoms. The molecule has 0 aliphatic carbocycles. The SMILES string of the molecule is CCC(=O)NC(C)c1ccsc1. The Balaban J connectivity index is 2.49. The molecule has 2 nitrogen and oxygen atoms in total. The predicted octanol–water partition coefficient (Wildman–Crippen LogP) is 2.34. The maximum absolute atomic E-state index is 11.0.